The van der Waals surface area contributed by atoms with Gasteiger partial charge in [0.2, 0.25) is 0 Å². The highest BCUT2D eigenvalue weighted by molar-refractivity contribution is 7.99. The maximum atomic E-state index is 11.5. The van der Waals surface area contributed by atoms with E-state index in [0.29, 0.717) is 10.8 Å². The quantitative estimate of drug-likeness (QED) is 0.741. The SMILES string of the molecule is CC(C)Sc1ccc(-c2[nH][nH]c(=O)c2CN)cc1. The number of nitrogens with one attached hydrogen (secondary N) is 2. The first-order valence-electron chi connectivity index (χ1n) is 5.88. The highest BCUT2D eigenvalue weighted by Crippen LogP contribution is 2.26. The van der Waals surface area contributed by atoms with Gasteiger partial charge in [-0.05, 0) is 17.7 Å². The van der Waals surface area contributed by atoms with Crippen LogP contribution in [0, 0.1) is 0 Å². The summed E-state index contributed by atoms with van der Waals surface area (Å²) in [4.78, 5) is 12.7. The molecule has 0 amide bonds. The molecule has 0 saturated carbocycles. The summed E-state index contributed by atoms with van der Waals surface area (Å²) in [5, 5.41) is 6.00. The Labute approximate surface area is 110 Å². The molecule has 0 unspecified atom stereocenters. The predicted octanol–water partition coefficient (Wildman–Crippen LogP) is 2.33. The summed E-state index contributed by atoms with van der Waals surface area (Å²) in [6.07, 6.45) is 0. The normalized spacial score (nSPS) is 11.1. The van der Waals surface area contributed by atoms with E-state index in [1.807, 2.05) is 23.9 Å². The molecule has 0 radical (unpaired) electrons. The van der Waals surface area contributed by atoms with Crippen molar-refractivity contribution < 1.29 is 0 Å². The molecule has 1 aromatic carbocycles. The second-order valence-electron chi connectivity index (χ2n) is 4.33. The molecule has 96 valence electrons. The predicted molar refractivity (Wildman–Crippen MR) is 75.7 cm³/mol. The van der Waals surface area contributed by atoms with Gasteiger partial charge in [-0.2, -0.15) is 0 Å². The van der Waals surface area contributed by atoms with E-state index in [9.17, 15) is 4.79 Å². The number of hydrogen-bond acceptors (Lipinski definition) is 3. The maximum Gasteiger partial charge on any atom is 0.269 e. The highest BCUT2D eigenvalue weighted by Gasteiger charge is 2.10. The Morgan fingerprint density at radius 1 is 1.22 bits per heavy atom. The standard InChI is InChI=1S/C13H17N3OS/c1-8(2)18-10-5-3-9(4-6-10)12-11(7-14)13(17)16-15-12/h3-6,8H,7,14H2,1-2H3,(H2,15,16,17). The molecule has 18 heavy (non-hydrogen) atoms. The molecular formula is C13H17N3OS. The van der Waals surface area contributed by atoms with Gasteiger partial charge in [-0.25, -0.2) is 0 Å². The lowest BCUT2D eigenvalue weighted by atomic mass is 10.1. The van der Waals surface area contributed by atoms with E-state index in [0.717, 1.165) is 11.3 Å². The number of rotatable bonds is 4. The van der Waals surface area contributed by atoms with Gasteiger partial charge in [0.05, 0.1) is 11.3 Å². The molecule has 0 aliphatic heterocycles. The summed E-state index contributed by atoms with van der Waals surface area (Å²) < 4.78 is 0. The maximum absolute atomic E-state index is 11.5. The van der Waals surface area contributed by atoms with Gasteiger partial charge in [-0.1, -0.05) is 26.0 Å². The molecule has 0 aliphatic rings. The second kappa shape index (κ2) is 5.46. The van der Waals surface area contributed by atoms with Gasteiger partial charge in [0.25, 0.3) is 5.56 Å². The van der Waals surface area contributed by atoms with Gasteiger partial charge in [-0.3, -0.25) is 15.0 Å². The lowest BCUT2D eigenvalue weighted by molar-refractivity contribution is 1.04. The second-order valence-corrected chi connectivity index (χ2v) is 5.98. The molecule has 5 heteroatoms. The molecule has 0 fully saturated rings. The summed E-state index contributed by atoms with van der Waals surface area (Å²) in [7, 11) is 0. The van der Waals surface area contributed by atoms with Gasteiger partial charge in [0, 0.05) is 16.7 Å². The summed E-state index contributed by atoms with van der Waals surface area (Å²) in [6, 6.07) is 8.13. The summed E-state index contributed by atoms with van der Waals surface area (Å²) in [5.41, 5.74) is 7.79. The van der Waals surface area contributed by atoms with Crippen LogP contribution in [0.5, 0.6) is 0 Å². The topological polar surface area (TPSA) is 74.7 Å². The van der Waals surface area contributed by atoms with E-state index in [-0.39, 0.29) is 12.1 Å². The molecule has 2 rings (SSSR count). The van der Waals surface area contributed by atoms with Crippen molar-refractivity contribution in [1.82, 2.24) is 10.2 Å². The number of benzene rings is 1. The number of aromatic nitrogens is 2. The number of nitrogens with two attached hydrogens (primary N) is 1. The molecule has 4 N–H and O–H groups in total. The van der Waals surface area contributed by atoms with Crippen LogP contribution >= 0.6 is 11.8 Å². The first kappa shape index (κ1) is 13.0. The van der Waals surface area contributed by atoms with Crippen molar-refractivity contribution in [2.75, 3.05) is 0 Å². The van der Waals surface area contributed by atoms with Crippen LogP contribution in [-0.2, 0) is 6.54 Å². The number of thioether (sulfide) groups is 1. The molecule has 0 bridgehead atoms. The molecular weight excluding hydrogens is 246 g/mol. The first-order chi connectivity index (χ1) is 8.61. The van der Waals surface area contributed by atoms with Crippen LogP contribution < -0.4 is 11.3 Å². The summed E-state index contributed by atoms with van der Waals surface area (Å²) in [5.74, 6) is 0. The zero-order chi connectivity index (χ0) is 13.1. The third kappa shape index (κ3) is 2.68. The summed E-state index contributed by atoms with van der Waals surface area (Å²) >= 11 is 1.81. The fourth-order valence-corrected chi connectivity index (χ4v) is 2.63. The molecule has 0 saturated heterocycles. The molecule has 2 aromatic rings. The van der Waals surface area contributed by atoms with Crippen molar-refractivity contribution in [3.8, 4) is 11.3 Å². The lowest BCUT2D eigenvalue weighted by Crippen LogP contribution is -2.10. The molecule has 1 heterocycles. The van der Waals surface area contributed by atoms with E-state index in [1.165, 1.54) is 4.90 Å². The number of aromatic amines is 2. The Hall–Kier alpha value is -1.46. The van der Waals surface area contributed by atoms with E-state index in [2.05, 4.69) is 36.2 Å². The average Bonchev–Trinajstić information content (AvgIpc) is 2.70. The van der Waals surface area contributed by atoms with E-state index in [4.69, 9.17) is 5.73 Å². The van der Waals surface area contributed by atoms with Crippen molar-refractivity contribution >= 4 is 11.8 Å². The Balaban J connectivity index is 2.31. The molecule has 0 spiro atoms. The lowest BCUT2D eigenvalue weighted by Gasteiger charge is -2.06. The molecule has 0 atom stereocenters. The van der Waals surface area contributed by atoms with E-state index < -0.39 is 0 Å². The minimum Gasteiger partial charge on any atom is -0.326 e. The number of H-pyrrole nitrogens is 2. The minimum atomic E-state index is -0.145. The van der Waals surface area contributed by atoms with Crippen molar-refractivity contribution in [2.45, 2.75) is 30.5 Å². The Morgan fingerprint density at radius 2 is 1.89 bits per heavy atom. The van der Waals surface area contributed by atoms with Crippen LogP contribution in [-0.4, -0.2) is 15.4 Å². The highest BCUT2D eigenvalue weighted by atomic mass is 32.2. The van der Waals surface area contributed by atoms with Crippen LogP contribution in [0.4, 0.5) is 0 Å². The van der Waals surface area contributed by atoms with Gasteiger partial charge < -0.3 is 5.73 Å². The van der Waals surface area contributed by atoms with Crippen LogP contribution in [0.25, 0.3) is 11.3 Å². The summed E-state index contributed by atoms with van der Waals surface area (Å²) in [6.45, 7) is 4.56. The zero-order valence-electron chi connectivity index (χ0n) is 10.5. The van der Waals surface area contributed by atoms with Crippen LogP contribution in [0.2, 0.25) is 0 Å². The monoisotopic (exact) mass is 263 g/mol. The van der Waals surface area contributed by atoms with E-state index >= 15 is 0 Å². The fourth-order valence-electron chi connectivity index (χ4n) is 1.80. The smallest absolute Gasteiger partial charge is 0.269 e. The van der Waals surface area contributed by atoms with E-state index in [1.54, 1.807) is 0 Å². The van der Waals surface area contributed by atoms with Crippen molar-refractivity contribution in [3.63, 3.8) is 0 Å². The van der Waals surface area contributed by atoms with Crippen molar-refractivity contribution in [1.29, 1.82) is 0 Å². The Bertz CT molecular complexity index is 569. The fraction of sp³-hybridized carbons (Fsp3) is 0.308. The van der Waals surface area contributed by atoms with Crippen LogP contribution in [0.1, 0.15) is 19.4 Å². The van der Waals surface area contributed by atoms with Crippen LogP contribution in [0.15, 0.2) is 34.0 Å². The third-order valence-corrected chi connectivity index (χ3v) is 3.61. The Kier molecular flexibility index (Phi) is 3.93. The molecule has 4 nitrogen and oxygen atoms in total. The number of hydrogen-bond donors (Lipinski definition) is 3. The molecule has 0 aliphatic carbocycles. The first-order valence-corrected chi connectivity index (χ1v) is 6.76. The van der Waals surface area contributed by atoms with Crippen molar-refractivity contribution in [3.05, 3.63) is 40.2 Å². The Morgan fingerprint density at radius 3 is 2.44 bits per heavy atom. The minimum absolute atomic E-state index is 0.145. The molecule has 1 aromatic heterocycles. The average molecular weight is 263 g/mol. The van der Waals surface area contributed by atoms with Gasteiger partial charge in [-0.15, -0.1) is 11.8 Å². The van der Waals surface area contributed by atoms with Crippen LogP contribution in [0.3, 0.4) is 0 Å². The third-order valence-electron chi connectivity index (χ3n) is 2.60. The zero-order valence-corrected chi connectivity index (χ0v) is 11.3. The largest absolute Gasteiger partial charge is 0.326 e. The van der Waals surface area contributed by atoms with Gasteiger partial charge in [0.15, 0.2) is 0 Å². The van der Waals surface area contributed by atoms with Gasteiger partial charge in [0.1, 0.15) is 0 Å². The van der Waals surface area contributed by atoms with Crippen molar-refractivity contribution in [2.24, 2.45) is 5.73 Å². The van der Waals surface area contributed by atoms with Gasteiger partial charge >= 0.3 is 0 Å².